The number of anilines is 1. The van der Waals surface area contributed by atoms with E-state index in [1.54, 1.807) is 17.0 Å². The van der Waals surface area contributed by atoms with E-state index in [2.05, 4.69) is 5.32 Å². The first-order valence-electron chi connectivity index (χ1n) is 10.3. The fraction of sp³-hybridized carbons (Fsp3) is 0.455. The van der Waals surface area contributed by atoms with Crippen molar-refractivity contribution in [2.75, 3.05) is 31.6 Å². The van der Waals surface area contributed by atoms with Crippen LogP contribution in [0.3, 0.4) is 0 Å². The minimum atomic E-state index is -0.218. The number of benzene rings is 1. The topological polar surface area (TPSA) is 75.0 Å². The lowest BCUT2D eigenvalue weighted by atomic mass is 10.1. The van der Waals surface area contributed by atoms with Gasteiger partial charge in [-0.2, -0.15) is 0 Å². The predicted molar refractivity (Wildman–Crippen MR) is 109 cm³/mol. The van der Waals surface area contributed by atoms with Gasteiger partial charge < -0.3 is 24.3 Å². The number of hydrogen-bond acceptors (Lipinski definition) is 4. The fourth-order valence-corrected chi connectivity index (χ4v) is 4.11. The van der Waals surface area contributed by atoms with Gasteiger partial charge in [0.2, 0.25) is 0 Å². The van der Waals surface area contributed by atoms with Crippen molar-refractivity contribution < 1.29 is 18.7 Å². The monoisotopic (exact) mass is 397 g/mol. The Kier molecular flexibility index (Phi) is 6.14. The Balaban J connectivity index is 1.40. The first-order chi connectivity index (χ1) is 14.2. The average Bonchev–Trinajstić information content (AvgIpc) is 3.47. The van der Waals surface area contributed by atoms with Gasteiger partial charge in [0.25, 0.3) is 5.91 Å². The second kappa shape index (κ2) is 9.13. The van der Waals surface area contributed by atoms with Crippen LogP contribution in [0.5, 0.6) is 0 Å². The van der Waals surface area contributed by atoms with Crippen LogP contribution in [0.4, 0.5) is 10.5 Å². The molecule has 2 aliphatic rings. The second-order valence-corrected chi connectivity index (χ2v) is 7.61. The maximum atomic E-state index is 13.0. The summed E-state index contributed by atoms with van der Waals surface area (Å²) in [6, 6.07) is 12.9. The molecule has 1 saturated heterocycles. The molecule has 7 heteroatoms. The van der Waals surface area contributed by atoms with Gasteiger partial charge in [0.05, 0.1) is 25.5 Å². The zero-order valence-corrected chi connectivity index (χ0v) is 16.5. The molecular formula is C22H27N3O4. The molecule has 4 rings (SSSR count). The molecule has 1 N–H and O–H groups in total. The highest BCUT2D eigenvalue weighted by Crippen LogP contribution is 2.26. The zero-order chi connectivity index (χ0) is 20.1. The van der Waals surface area contributed by atoms with Gasteiger partial charge in [-0.3, -0.25) is 4.79 Å². The van der Waals surface area contributed by atoms with Crippen molar-refractivity contribution in [3.05, 3.63) is 54.5 Å². The van der Waals surface area contributed by atoms with Crippen LogP contribution in [0.2, 0.25) is 0 Å². The summed E-state index contributed by atoms with van der Waals surface area (Å²) in [5, 5.41) is 2.92. The molecule has 7 nitrogen and oxygen atoms in total. The minimum Gasteiger partial charge on any atom is -0.459 e. The molecule has 2 aromatic rings. The molecule has 2 heterocycles. The van der Waals surface area contributed by atoms with Gasteiger partial charge in [0.1, 0.15) is 0 Å². The number of carbonyl (C=O) groups excluding carboxylic acids is 2. The summed E-state index contributed by atoms with van der Waals surface area (Å²) in [5.74, 6) is 0.253. The summed E-state index contributed by atoms with van der Waals surface area (Å²) in [5.41, 5.74) is 0.765. The predicted octanol–water partition coefficient (Wildman–Crippen LogP) is 3.60. The van der Waals surface area contributed by atoms with Crippen LogP contribution >= 0.6 is 0 Å². The maximum Gasteiger partial charge on any atom is 0.322 e. The lowest BCUT2D eigenvalue weighted by molar-refractivity contribution is -0.0312. The van der Waals surface area contributed by atoms with Crippen molar-refractivity contribution in [3.63, 3.8) is 0 Å². The number of hydrogen-bond donors (Lipinski definition) is 1. The maximum absolute atomic E-state index is 13.0. The third-order valence-corrected chi connectivity index (χ3v) is 5.61. The van der Waals surface area contributed by atoms with E-state index in [0.29, 0.717) is 32.0 Å². The number of amides is 3. The van der Waals surface area contributed by atoms with E-state index in [-0.39, 0.29) is 24.1 Å². The number of urea groups is 1. The van der Waals surface area contributed by atoms with Crippen molar-refractivity contribution >= 4 is 17.6 Å². The van der Waals surface area contributed by atoms with Crippen LogP contribution in [0.15, 0.2) is 53.1 Å². The van der Waals surface area contributed by atoms with Crippen molar-refractivity contribution in [3.8, 4) is 0 Å². The molecule has 1 aromatic carbocycles. The molecule has 0 bridgehead atoms. The first kappa shape index (κ1) is 19.5. The van der Waals surface area contributed by atoms with Crippen molar-refractivity contribution in [2.24, 2.45) is 0 Å². The van der Waals surface area contributed by atoms with Crippen LogP contribution in [-0.2, 0) is 4.74 Å². The van der Waals surface area contributed by atoms with Crippen LogP contribution in [-0.4, -0.2) is 60.1 Å². The molecule has 2 fully saturated rings. The second-order valence-electron chi connectivity index (χ2n) is 7.61. The number of rotatable bonds is 5. The largest absolute Gasteiger partial charge is 0.459 e. The highest BCUT2D eigenvalue weighted by Gasteiger charge is 2.33. The summed E-state index contributed by atoms with van der Waals surface area (Å²) >= 11 is 0. The summed E-state index contributed by atoms with van der Waals surface area (Å²) in [6.07, 6.45) is 5.56. The molecule has 1 aliphatic carbocycles. The summed E-state index contributed by atoms with van der Waals surface area (Å²) in [7, 11) is 0. The van der Waals surface area contributed by atoms with E-state index in [1.807, 2.05) is 35.2 Å². The van der Waals surface area contributed by atoms with Crippen LogP contribution in [0.1, 0.15) is 36.2 Å². The smallest absolute Gasteiger partial charge is 0.322 e. The van der Waals surface area contributed by atoms with Gasteiger partial charge in [0.15, 0.2) is 5.76 Å². The van der Waals surface area contributed by atoms with Gasteiger partial charge >= 0.3 is 6.03 Å². The van der Waals surface area contributed by atoms with Gasteiger partial charge in [-0.1, -0.05) is 31.0 Å². The van der Waals surface area contributed by atoms with E-state index in [1.165, 1.54) is 6.26 Å². The Morgan fingerprint density at radius 1 is 1.10 bits per heavy atom. The highest BCUT2D eigenvalue weighted by atomic mass is 16.5. The first-order valence-corrected chi connectivity index (χ1v) is 10.3. The molecular weight excluding hydrogens is 370 g/mol. The third-order valence-electron chi connectivity index (χ3n) is 5.61. The normalized spacial score (nSPS) is 19.9. The molecule has 0 spiro atoms. The Hall–Kier alpha value is -2.80. The van der Waals surface area contributed by atoms with Crippen molar-refractivity contribution in [1.82, 2.24) is 9.80 Å². The standard InChI is InChI=1S/C22H27N3O4/c26-21(20-11-6-13-29-20)25(18-9-4-5-10-18)16-19-15-24(12-14-28-19)22(27)23-17-7-2-1-3-8-17/h1-3,6-8,11,13,18-19H,4-5,9-10,12,14-16H2,(H,23,27). The Labute approximate surface area is 170 Å². The summed E-state index contributed by atoms with van der Waals surface area (Å²) in [4.78, 5) is 29.3. The number of nitrogens with zero attached hydrogens (tertiary/aromatic N) is 2. The molecule has 1 aromatic heterocycles. The van der Waals surface area contributed by atoms with Gasteiger partial charge in [-0.25, -0.2) is 4.79 Å². The van der Waals surface area contributed by atoms with Crippen molar-refractivity contribution in [1.29, 1.82) is 0 Å². The molecule has 1 atom stereocenters. The Bertz CT molecular complexity index is 803. The summed E-state index contributed by atoms with van der Waals surface area (Å²) in [6.45, 7) is 1.90. The number of furan rings is 1. The van der Waals surface area contributed by atoms with E-state index < -0.39 is 0 Å². The van der Waals surface area contributed by atoms with Gasteiger partial charge in [-0.15, -0.1) is 0 Å². The Morgan fingerprint density at radius 2 is 1.90 bits per heavy atom. The molecule has 1 aliphatic heterocycles. The van der Waals surface area contributed by atoms with E-state index in [4.69, 9.17) is 9.15 Å². The average molecular weight is 397 g/mol. The third kappa shape index (κ3) is 4.79. The molecule has 3 amide bonds. The summed E-state index contributed by atoms with van der Waals surface area (Å²) < 4.78 is 11.3. The number of morpholine rings is 1. The number of carbonyl (C=O) groups is 2. The van der Waals surface area contributed by atoms with E-state index in [0.717, 1.165) is 31.4 Å². The molecule has 0 radical (unpaired) electrons. The highest BCUT2D eigenvalue weighted by molar-refractivity contribution is 5.92. The van der Waals surface area contributed by atoms with Gasteiger partial charge in [-0.05, 0) is 37.1 Å². The number of nitrogens with one attached hydrogen (secondary N) is 1. The lowest BCUT2D eigenvalue weighted by Crippen LogP contribution is -2.53. The van der Waals surface area contributed by atoms with E-state index >= 15 is 0 Å². The van der Waals surface area contributed by atoms with Crippen LogP contribution in [0, 0.1) is 0 Å². The SMILES string of the molecule is O=C(Nc1ccccc1)N1CCOC(CN(C(=O)c2ccco2)C2CCCC2)C1. The quantitative estimate of drug-likeness (QED) is 0.837. The van der Waals surface area contributed by atoms with Crippen LogP contribution in [0.25, 0.3) is 0 Å². The zero-order valence-electron chi connectivity index (χ0n) is 16.5. The molecule has 154 valence electrons. The molecule has 1 saturated carbocycles. The molecule has 1 unspecified atom stereocenters. The fourth-order valence-electron chi connectivity index (χ4n) is 4.11. The lowest BCUT2D eigenvalue weighted by Gasteiger charge is -2.37. The van der Waals surface area contributed by atoms with E-state index in [9.17, 15) is 9.59 Å². The van der Waals surface area contributed by atoms with Crippen molar-refractivity contribution in [2.45, 2.75) is 37.8 Å². The molecule has 29 heavy (non-hydrogen) atoms. The van der Waals surface area contributed by atoms with Crippen LogP contribution < -0.4 is 5.32 Å². The number of ether oxygens (including phenoxy) is 1. The Morgan fingerprint density at radius 3 is 2.62 bits per heavy atom. The number of para-hydroxylation sites is 1. The van der Waals surface area contributed by atoms with Gasteiger partial charge in [0, 0.05) is 24.8 Å². The minimum absolute atomic E-state index is 0.101.